The van der Waals surface area contributed by atoms with Gasteiger partial charge in [-0.25, -0.2) is 0 Å². The smallest absolute Gasteiger partial charge is 0.317 e. The van der Waals surface area contributed by atoms with Gasteiger partial charge in [-0.05, 0) is 104 Å². The summed E-state index contributed by atoms with van der Waals surface area (Å²) in [5.74, 6) is 0.985. The highest BCUT2D eigenvalue weighted by molar-refractivity contribution is 5.96. The molecule has 2 aliphatic heterocycles. The zero-order chi connectivity index (χ0) is 31.6. The van der Waals surface area contributed by atoms with E-state index < -0.39 is 17.9 Å². The maximum Gasteiger partial charge on any atom is 0.317 e. The van der Waals surface area contributed by atoms with Crippen LogP contribution in [0.1, 0.15) is 103 Å². The second-order valence-electron chi connectivity index (χ2n) is 15.4. The third-order valence-electron chi connectivity index (χ3n) is 13.4. The lowest BCUT2D eigenvalue weighted by atomic mass is 9.57. The van der Waals surface area contributed by atoms with Crippen LogP contribution in [0.15, 0.2) is 12.2 Å². The molecule has 7 fully saturated rings. The Balaban J connectivity index is 0.000000706. The molecular formula is C41H72O10. The predicted octanol–water partition coefficient (Wildman–Crippen LogP) is 8.08. The summed E-state index contributed by atoms with van der Waals surface area (Å²) in [6.07, 6.45) is 10.6. The first-order valence-corrected chi connectivity index (χ1v) is 17.3. The lowest BCUT2D eigenvalue weighted by Gasteiger charge is -2.46. The average molecular weight is 725 g/mol. The molecule has 8 aliphatic rings. The molecule has 0 aromatic carbocycles. The van der Waals surface area contributed by atoms with Gasteiger partial charge in [-0.15, -0.1) is 0 Å². The number of carboxylic acid groups (broad SMARTS) is 2. The Morgan fingerprint density at radius 1 is 0.745 bits per heavy atom. The molecule has 51 heavy (non-hydrogen) atoms. The van der Waals surface area contributed by atoms with Crippen molar-refractivity contribution in [3.05, 3.63) is 12.2 Å². The van der Waals surface area contributed by atoms with Crippen LogP contribution in [-0.4, -0.2) is 66.8 Å². The Morgan fingerprint density at radius 2 is 1.37 bits per heavy atom. The lowest BCUT2D eigenvalue weighted by Crippen LogP contribution is -2.45. The quantitative estimate of drug-likeness (QED) is 0.104. The minimum absolute atomic E-state index is 0. The first-order valence-electron chi connectivity index (χ1n) is 17.3. The van der Waals surface area contributed by atoms with Crippen LogP contribution in [0.5, 0.6) is 0 Å². The summed E-state index contributed by atoms with van der Waals surface area (Å²) in [7, 11) is 0. The van der Waals surface area contributed by atoms with Crippen molar-refractivity contribution in [1.29, 1.82) is 0 Å². The van der Waals surface area contributed by atoms with Crippen molar-refractivity contribution in [3.8, 4) is 0 Å². The van der Waals surface area contributed by atoms with Crippen molar-refractivity contribution < 1.29 is 48.3 Å². The fraction of sp³-hybridized carbons (Fsp3) is 0.854. The van der Waals surface area contributed by atoms with Crippen LogP contribution in [0.2, 0.25) is 0 Å². The SMILES string of the molecule is C.C.C.C.C.C.CC1C(=O)OC(=O)C1C1C2CC(COCCC3OCCO3)C(C2)C1C1C2CC(C(=O)O)C(C2)C1C.O=C(O)C1CC2C=CC1C2. The maximum atomic E-state index is 12.9. The number of allylic oxidation sites excluding steroid dienone is 2. The van der Waals surface area contributed by atoms with Crippen molar-refractivity contribution in [2.45, 2.75) is 110 Å². The molecule has 10 nitrogen and oxygen atoms in total. The fourth-order valence-electron chi connectivity index (χ4n) is 11.7. The summed E-state index contributed by atoms with van der Waals surface area (Å²) >= 11 is 0. The third-order valence-corrected chi connectivity index (χ3v) is 13.4. The van der Waals surface area contributed by atoms with Crippen LogP contribution in [0.4, 0.5) is 0 Å². The van der Waals surface area contributed by atoms with Crippen LogP contribution in [0.3, 0.4) is 0 Å². The highest BCUT2D eigenvalue weighted by atomic mass is 16.7. The number of cyclic esters (lactones) is 2. The van der Waals surface area contributed by atoms with E-state index in [-0.39, 0.29) is 92.4 Å². The zero-order valence-electron chi connectivity index (χ0n) is 26.3. The molecule has 2 N–H and O–H groups in total. The summed E-state index contributed by atoms with van der Waals surface area (Å²) in [6, 6.07) is 0. The molecule has 15 unspecified atom stereocenters. The van der Waals surface area contributed by atoms with E-state index in [4.69, 9.17) is 24.1 Å². The number of fused-ring (bicyclic) bond motifs is 6. The molecule has 0 spiro atoms. The number of hydrogen-bond acceptors (Lipinski definition) is 8. The standard InChI is InChI=1S/C27H38O8.C8H10O2.6CH4/c1-12-17-8-15(10-19(17)25(28)29)21(12)24-18-9-14(23(24)22-13(2)26(30)35-27(22)31)7-16(18)11-32-4-3-20-33-5-6-34-20;9-8(10)7-4-5-1-2-6(7)3-5;;;;;;/h12-24H,3-11H2,1-2H3,(H,28,29);1-2,5-7H,3-4H2,(H,9,10);6*1H4. The number of carboxylic acids is 2. The molecule has 6 bridgehead atoms. The topological polar surface area (TPSA) is 146 Å². The van der Waals surface area contributed by atoms with Crippen molar-refractivity contribution >= 4 is 23.9 Å². The zero-order valence-corrected chi connectivity index (χ0v) is 26.3. The van der Waals surface area contributed by atoms with Gasteiger partial charge in [-0.3, -0.25) is 19.2 Å². The molecule has 0 aromatic rings. The van der Waals surface area contributed by atoms with Gasteiger partial charge in [-0.2, -0.15) is 0 Å². The second-order valence-corrected chi connectivity index (χ2v) is 15.4. The van der Waals surface area contributed by atoms with Crippen LogP contribution in [0.25, 0.3) is 0 Å². The number of esters is 2. The Hall–Kier alpha value is -2.30. The molecule has 15 atom stereocenters. The van der Waals surface area contributed by atoms with Gasteiger partial charge in [0.2, 0.25) is 0 Å². The lowest BCUT2D eigenvalue weighted by molar-refractivity contribution is -0.155. The summed E-state index contributed by atoms with van der Waals surface area (Å²) in [5.41, 5.74) is 0. The normalized spacial score (nSPS) is 41.9. The number of carbonyl (C=O) groups is 4. The van der Waals surface area contributed by atoms with Crippen molar-refractivity contribution in [2.24, 2.45) is 88.8 Å². The number of hydrogen-bond donors (Lipinski definition) is 2. The molecule has 0 aromatic heterocycles. The van der Waals surface area contributed by atoms with Crippen molar-refractivity contribution in [3.63, 3.8) is 0 Å². The van der Waals surface area contributed by atoms with Gasteiger partial charge in [0.15, 0.2) is 6.29 Å². The maximum absolute atomic E-state index is 12.9. The number of rotatable bonds is 9. The summed E-state index contributed by atoms with van der Waals surface area (Å²) < 4.78 is 22.2. The average Bonchev–Trinajstić information content (AvgIpc) is 3.85. The summed E-state index contributed by atoms with van der Waals surface area (Å²) in [4.78, 5) is 47.6. The Bertz CT molecular complexity index is 1210. The van der Waals surface area contributed by atoms with E-state index in [1.54, 1.807) is 0 Å². The van der Waals surface area contributed by atoms with Gasteiger partial charge in [-0.1, -0.05) is 70.6 Å². The van der Waals surface area contributed by atoms with E-state index in [1.807, 2.05) is 6.92 Å². The Morgan fingerprint density at radius 3 is 1.88 bits per heavy atom. The molecule has 10 heteroatoms. The first-order chi connectivity index (χ1) is 21.6. The minimum Gasteiger partial charge on any atom is -0.481 e. The number of carbonyl (C=O) groups excluding carboxylic acids is 2. The van der Waals surface area contributed by atoms with E-state index >= 15 is 0 Å². The van der Waals surface area contributed by atoms with E-state index in [0.29, 0.717) is 79.7 Å². The molecule has 5 saturated carbocycles. The molecule has 0 amide bonds. The van der Waals surface area contributed by atoms with Gasteiger partial charge in [0.25, 0.3) is 0 Å². The molecule has 8 rings (SSSR count). The van der Waals surface area contributed by atoms with Crippen LogP contribution < -0.4 is 0 Å². The predicted molar refractivity (Wildman–Crippen MR) is 198 cm³/mol. The summed E-state index contributed by atoms with van der Waals surface area (Å²) in [6.45, 7) is 6.69. The number of aliphatic carboxylic acids is 2. The highest BCUT2D eigenvalue weighted by Gasteiger charge is 2.65. The highest BCUT2D eigenvalue weighted by Crippen LogP contribution is 2.68. The van der Waals surface area contributed by atoms with Gasteiger partial charge in [0.05, 0.1) is 43.5 Å². The fourth-order valence-corrected chi connectivity index (χ4v) is 11.7. The Labute approximate surface area is 308 Å². The van der Waals surface area contributed by atoms with Gasteiger partial charge < -0.3 is 29.2 Å². The van der Waals surface area contributed by atoms with Gasteiger partial charge in [0.1, 0.15) is 0 Å². The van der Waals surface area contributed by atoms with Gasteiger partial charge in [0, 0.05) is 13.0 Å². The van der Waals surface area contributed by atoms with E-state index in [0.717, 1.165) is 44.9 Å². The second kappa shape index (κ2) is 18.6. The minimum atomic E-state index is -0.660. The Kier molecular flexibility index (Phi) is 17.1. The van der Waals surface area contributed by atoms with E-state index in [2.05, 4.69) is 19.1 Å². The molecule has 296 valence electrons. The van der Waals surface area contributed by atoms with Gasteiger partial charge >= 0.3 is 23.9 Å². The molecule has 2 saturated heterocycles. The van der Waals surface area contributed by atoms with Crippen molar-refractivity contribution in [1.82, 2.24) is 0 Å². The number of ether oxygens (including phenoxy) is 4. The van der Waals surface area contributed by atoms with Crippen LogP contribution >= 0.6 is 0 Å². The molecule has 0 radical (unpaired) electrons. The molecule has 2 heterocycles. The van der Waals surface area contributed by atoms with Crippen molar-refractivity contribution in [2.75, 3.05) is 26.4 Å². The molecular weight excluding hydrogens is 652 g/mol. The van der Waals surface area contributed by atoms with Crippen LogP contribution in [-0.2, 0) is 38.1 Å². The molecule has 6 aliphatic carbocycles. The van der Waals surface area contributed by atoms with Crippen LogP contribution in [0, 0.1) is 88.8 Å². The van der Waals surface area contributed by atoms with E-state index in [9.17, 15) is 24.3 Å². The van der Waals surface area contributed by atoms with E-state index in [1.165, 1.54) is 0 Å². The first kappa shape index (κ1) is 46.7. The summed E-state index contributed by atoms with van der Waals surface area (Å²) in [5, 5.41) is 18.4. The monoisotopic (exact) mass is 725 g/mol. The largest absolute Gasteiger partial charge is 0.481 e. The third kappa shape index (κ3) is 8.43.